The van der Waals surface area contributed by atoms with E-state index in [9.17, 15) is 5.11 Å². The molecule has 2 N–H and O–H groups in total. The molecule has 0 aromatic carbocycles. The topological polar surface area (TPSA) is 59.3 Å². The Bertz CT molecular complexity index is 309. The molecule has 1 saturated heterocycles. The molecule has 0 bridgehead atoms. The largest absolute Gasteiger partial charge is 0.393 e. The minimum atomic E-state index is -0.227. The summed E-state index contributed by atoms with van der Waals surface area (Å²) in [7, 11) is 0. The number of nitrogens with one attached hydrogen (secondary N) is 1. The highest BCUT2D eigenvalue weighted by atomic mass is 16.3. The molecule has 19 heavy (non-hydrogen) atoms. The number of nitriles is 1. The summed E-state index contributed by atoms with van der Waals surface area (Å²) in [4.78, 5) is 2.19. The highest BCUT2D eigenvalue weighted by Crippen LogP contribution is 2.24. The summed E-state index contributed by atoms with van der Waals surface area (Å²) in [5.41, 5.74) is 0. The van der Waals surface area contributed by atoms with Gasteiger partial charge in [0.05, 0.1) is 18.7 Å². The summed E-state index contributed by atoms with van der Waals surface area (Å²) < 4.78 is 0. The molecule has 3 atom stereocenters. The van der Waals surface area contributed by atoms with E-state index in [2.05, 4.69) is 16.3 Å². The first-order valence-electron chi connectivity index (χ1n) is 7.76. The van der Waals surface area contributed by atoms with Gasteiger partial charge in [0.15, 0.2) is 0 Å². The molecule has 2 rings (SSSR count). The summed E-state index contributed by atoms with van der Waals surface area (Å²) in [5, 5.41) is 22.8. The SMILES string of the molecule is CCC(O)C1CC(NC2CCCC2)CN(CC#N)C1. The van der Waals surface area contributed by atoms with Crippen molar-refractivity contribution in [3.8, 4) is 6.07 Å². The molecule has 3 unspecified atom stereocenters. The minimum Gasteiger partial charge on any atom is -0.393 e. The van der Waals surface area contributed by atoms with Crippen LogP contribution in [0.1, 0.15) is 45.4 Å². The quantitative estimate of drug-likeness (QED) is 0.740. The van der Waals surface area contributed by atoms with Crippen LogP contribution in [0.15, 0.2) is 0 Å². The normalized spacial score (nSPS) is 31.2. The lowest BCUT2D eigenvalue weighted by molar-refractivity contribution is 0.0383. The zero-order valence-electron chi connectivity index (χ0n) is 12.0. The van der Waals surface area contributed by atoms with Crippen molar-refractivity contribution in [2.45, 2.75) is 63.6 Å². The molecule has 0 aromatic heterocycles. The van der Waals surface area contributed by atoms with E-state index in [0.29, 0.717) is 24.5 Å². The smallest absolute Gasteiger partial charge is 0.0866 e. The van der Waals surface area contributed by atoms with Crippen LogP contribution in [0.3, 0.4) is 0 Å². The average molecular weight is 265 g/mol. The van der Waals surface area contributed by atoms with E-state index in [1.54, 1.807) is 0 Å². The highest BCUT2D eigenvalue weighted by Gasteiger charge is 2.32. The molecule has 0 aromatic rings. The van der Waals surface area contributed by atoms with Crippen molar-refractivity contribution in [2.24, 2.45) is 5.92 Å². The Labute approximate surface area is 116 Å². The van der Waals surface area contributed by atoms with Crippen LogP contribution in [0.5, 0.6) is 0 Å². The fraction of sp³-hybridized carbons (Fsp3) is 0.933. The Kier molecular flexibility index (Phi) is 5.62. The molecule has 108 valence electrons. The van der Waals surface area contributed by atoms with Gasteiger partial charge in [-0.3, -0.25) is 4.90 Å². The first kappa shape index (κ1) is 14.8. The van der Waals surface area contributed by atoms with Crippen LogP contribution < -0.4 is 5.32 Å². The van der Waals surface area contributed by atoms with Crippen molar-refractivity contribution in [3.05, 3.63) is 0 Å². The zero-order valence-corrected chi connectivity index (χ0v) is 12.0. The first-order valence-corrected chi connectivity index (χ1v) is 7.76. The van der Waals surface area contributed by atoms with E-state index >= 15 is 0 Å². The van der Waals surface area contributed by atoms with E-state index < -0.39 is 0 Å². The second-order valence-electron chi connectivity index (χ2n) is 6.17. The van der Waals surface area contributed by atoms with Crippen LogP contribution in [-0.2, 0) is 0 Å². The fourth-order valence-corrected chi connectivity index (χ4v) is 3.62. The van der Waals surface area contributed by atoms with Crippen molar-refractivity contribution in [1.29, 1.82) is 5.26 Å². The number of rotatable bonds is 5. The number of nitrogens with zero attached hydrogens (tertiary/aromatic N) is 2. The third-order valence-electron chi connectivity index (χ3n) is 4.64. The predicted octanol–water partition coefficient (Wildman–Crippen LogP) is 1.50. The highest BCUT2D eigenvalue weighted by molar-refractivity contribution is 4.91. The van der Waals surface area contributed by atoms with Crippen LogP contribution in [-0.4, -0.2) is 47.8 Å². The molecule has 2 aliphatic rings. The van der Waals surface area contributed by atoms with E-state index in [1.807, 2.05) is 6.92 Å². The molecule has 0 amide bonds. The van der Waals surface area contributed by atoms with Crippen molar-refractivity contribution in [1.82, 2.24) is 10.2 Å². The van der Waals surface area contributed by atoms with Gasteiger partial charge in [-0.15, -0.1) is 0 Å². The van der Waals surface area contributed by atoms with Crippen LogP contribution in [0.25, 0.3) is 0 Å². The van der Waals surface area contributed by atoms with Crippen LogP contribution in [0, 0.1) is 17.2 Å². The number of piperidine rings is 1. The first-order chi connectivity index (χ1) is 9.22. The van der Waals surface area contributed by atoms with Gasteiger partial charge in [0.25, 0.3) is 0 Å². The van der Waals surface area contributed by atoms with Crippen molar-refractivity contribution >= 4 is 0 Å². The van der Waals surface area contributed by atoms with Crippen molar-refractivity contribution < 1.29 is 5.11 Å². The molecule has 1 aliphatic heterocycles. The summed E-state index contributed by atoms with van der Waals surface area (Å²) in [6, 6.07) is 3.35. The maximum absolute atomic E-state index is 10.1. The monoisotopic (exact) mass is 265 g/mol. The van der Waals surface area contributed by atoms with Gasteiger partial charge in [-0.2, -0.15) is 5.26 Å². The van der Waals surface area contributed by atoms with Gasteiger partial charge < -0.3 is 10.4 Å². The molecule has 2 fully saturated rings. The van der Waals surface area contributed by atoms with Crippen LogP contribution >= 0.6 is 0 Å². The average Bonchev–Trinajstić information content (AvgIpc) is 2.90. The summed E-state index contributed by atoms with van der Waals surface area (Å²) in [5.74, 6) is 0.311. The summed E-state index contributed by atoms with van der Waals surface area (Å²) in [6.07, 6.45) is 6.88. The molecule has 1 aliphatic carbocycles. The number of aliphatic hydroxyl groups is 1. The van der Waals surface area contributed by atoms with Crippen LogP contribution in [0.2, 0.25) is 0 Å². The van der Waals surface area contributed by atoms with E-state index in [4.69, 9.17) is 5.26 Å². The van der Waals surface area contributed by atoms with E-state index in [1.165, 1.54) is 25.7 Å². The van der Waals surface area contributed by atoms with Gasteiger partial charge in [0.1, 0.15) is 0 Å². The lowest BCUT2D eigenvalue weighted by atomic mass is 9.88. The van der Waals surface area contributed by atoms with Gasteiger partial charge in [-0.25, -0.2) is 0 Å². The molecule has 1 saturated carbocycles. The van der Waals surface area contributed by atoms with Gasteiger partial charge in [0, 0.05) is 25.2 Å². The lowest BCUT2D eigenvalue weighted by Crippen LogP contribution is -2.53. The number of likely N-dealkylation sites (tertiary alicyclic amines) is 1. The predicted molar refractivity (Wildman–Crippen MR) is 75.6 cm³/mol. The molecule has 4 nitrogen and oxygen atoms in total. The molecule has 4 heteroatoms. The maximum atomic E-state index is 10.1. The zero-order chi connectivity index (χ0) is 13.7. The Morgan fingerprint density at radius 3 is 2.68 bits per heavy atom. The van der Waals surface area contributed by atoms with Crippen molar-refractivity contribution in [2.75, 3.05) is 19.6 Å². The van der Waals surface area contributed by atoms with E-state index in [0.717, 1.165) is 25.9 Å². The second-order valence-corrected chi connectivity index (χ2v) is 6.17. The van der Waals surface area contributed by atoms with Gasteiger partial charge in [-0.05, 0) is 31.6 Å². The maximum Gasteiger partial charge on any atom is 0.0866 e. The molecular weight excluding hydrogens is 238 g/mol. The fourth-order valence-electron chi connectivity index (χ4n) is 3.62. The minimum absolute atomic E-state index is 0.227. The number of hydrogen-bond donors (Lipinski definition) is 2. The molecule has 0 radical (unpaired) electrons. The standard InChI is InChI=1S/C15H27N3O/c1-2-15(19)12-9-14(11-18(10-12)8-7-16)17-13-5-3-4-6-13/h12-15,17,19H,2-6,8-11H2,1H3. The summed E-state index contributed by atoms with van der Waals surface area (Å²) >= 11 is 0. The lowest BCUT2D eigenvalue weighted by Gasteiger charge is -2.40. The Balaban J connectivity index is 1.91. The molecule has 1 heterocycles. The molecule has 0 spiro atoms. The Morgan fingerprint density at radius 1 is 1.32 bits per heavy atom. The Hall–Kier alpha value is -0.630. The third-order valence-corrected chi connectivity index (χ3v) is 4.64. The van der Waals surface area contributed by atoms with Gasteiger partial charge in [-0.1, -0.05) is 19.8 Å². The van der Waals surface area contributed by atoms with Crippen LogP contribution in [0.4, 0.5) is 0 Å². The van der Waals surface area contributed by atoms with Gasteiger partial charge >= 0.3 is 0 Å². The Morgan fingerprint density at radius 2 is 2.05 bits per heavy atom. The third kappa shape index (κ3) is 4.17. The summed E-state index contributed by atoms with van der Waals surface area (Å²) in [6.45, 7) is 4.34. The molecular formula is C15H27N3O. The number of hydrogen-bond acceptors (Lipinski definition) is 4. The van der Waals surface area contributed by atoms with Crippen molar-refractivity contribution in [3.63, 3.8) is 0 Å². The van der Waals surface area contributed by atoms with E-state index in [-0.39, 0.29) is 6.10 Å². The number of aliphatic hydroxyl groups excluding tert-OH is 1. The van der Waals surface area contributed by atoms with Gasteiger partial charge in [0.2, 0.25) is 0 Å². The second kappa shape index (κ2) is 7.23.